The fraction of sp³-hybridized carbons (Fsp3) is 0.167. The van der Waals surface area contributed by atoms with E-state index in [0.29, 0.717) is 47.5 Å². The molecule has 0 saturated heterocycles. The van der Waals surface area contributed by atoms with Gasteiger partial charge in [0.05, 0.1) is 24.0 Å². The maximum atomic E-state index is 11.8. The number of carbonyl (C=O) groups excluding carboxylic acids is 1. The van der Waals surface area contributed by atoms with Gasteiger partial charge in [-0.15, -0.1) is 0 Å². The number of rotatable bonds is 3. The monoisotopic (exact) mass is 348 g/mol. The van der Waals surface area contributed by atoms with Crippen LogP contribution in [-0.4, -0.2) is 39.0 Å². The zero-order valence-corrected chi connectivity index (χ0v) is 14.1. The molecule has 0 saturated carbocycles. The van der Waals surface area contributed by atoms with Crippen molar-refractivity contribution in [2.45, 2.75) is 6.92 Å². The lowest BCUT2D eigenvalue weighted by Crippen LogP contribution is -2.31. The summed E-state index contributed by atoms with van der Waals surface area (Å²) in [5.41, 5.74) is 8.01. The first kappa shape index (κ1) is 15.9. The number of anilines is 2. The number of aryl methyl sites for hydroxylation is 1. The summed E-state index contributed by atoms with van der Waals surface area (Å²) in [6.07, 6.45) is 4.69. The van der Waals surface area contributed by atoms with Crippen LogP contribution in [-0.2, 0) is 0 Å². The second-order valence-electron chi connectivity index (χ2n) is 5.80. The minimum Gasteiger partial charge on any atom is -0.486 e. The van der Waals surface area contributed by atoms with Gasteiger partial charge in [0, 0.05) is 18.1 Å². The Labute approximate surface area is 149 Å². The van der Waals surface area contributed by atoms with E-state index >= 15 is 0 Å². The van der Waals surface area contributed by atoms with Crippen molar-refractivity contribution >= 4 is 17.4 Å². The lowest BCUT2D eigenvalue weighted by atomic mass is 10.2. The number of carbonyl (C=O) groups is 1. The van der Waals surface area contributed by atoms with Crippen LogP contribution in [0.3, 0.4) is 0 Å². The van der Waals surface area contributed by atoms with Gasteiger partial charge in [0.2, 0.25) is 0 Å². The minimum atomic E-state index is -0.546. The Morgan fingerprint density at radius 3 is 2.92 bits per heavy atom. The molecule has 26 heavy (non-hydrogen) atoms. The van der Waals surface area contributed by atoms with Crippen molar-refractivity contribution in [3.05, 3.63) is 54.1 Å². The molecule has 130 valence electrons. The molecule has 0 atom stereocenters. The van der Waals surface area contributed by atoms with Crippen LogP contribution in [0.5, 0.6) is 5.75 Å². The Morgan fingerprint density at radius 2 is 2.12 bits per heavy atom. The molecule has 1 aliphatic rings. The molecule has 4 heterocycles. The van der Waals surface area contributed by atoms with Gasteiger partial charge in [-0.2, -0.15) is 0 Å². The van der Waals surface area contributed by atoms with E-state index in [2.05, 4.69) is 19.9 Å². The summed E-state index contributed by atoms with van der Waals surface area (Å²) in [7, 11) is 0. The van der Waals surface area contributed by atoms with E-state index in [1.165, 1.54) is 6.20 Å². The van der Waals surface area contributed by atoms with Crippen LogP contribution in [0.25, 0.3) is 11.5 Å². The number of primary amides is 1. The predicted molar refractivity (Wildman–Crippen MR) is 95.3 cm³/mol. The zero-order chi connectivity index (χ0) is 18.1. The number of amides is 1. The molecular weight excluding hydrogens is 332 g/mol. The van der Waals surface area contributed by atoms with Gasteiger partial charge in [0.1, 0.15) is 12.3 Å². The largest absolute Gasteiger partial charge is 0.486 e. The van der Waals surface area contributed by atoms with E-state index in [1.54, 1.807) is 18.5 Å². The standard InChI is InChI=1S/C18H16N6O2/c1-11-3-2-4-13(22-11)17-21-10-15-18(23-17)24(7-8-26-15)14-5-6-20-9-12(14)16(19)25/h2-6,9-10H,7-8H2,1H3,(H2,19,25). The highest BCUT2D eigenvalue weighted by Crippen LogP contribution is 2.36. The molecule has 8 heteroatoms. The molecule has 3 aromatic rings. The van der Waals surface area contributed by atoms with E-state index < -0.39 is 5.91 Å². The Bertz CT molecular complexity index is 991. The molecule has 8 nitrogen and oxygen atoms in total. The molecule has 0 fully saturated rings. The number of hydrogen-bond acceptors (Lipinski definition) is 7. The third kappa shape index (κ3) is 2.81. The highest BCUT2D eigenvalue weighted by Gasteiger charge is 2.25. The number of hydrogen-bond donors (Lipinski definition) is 1. The van der Waals surface area contributed by atoms with Gasteiger partial charge >= 0.3 is 0 Å². The molecule has 3 aromatic heterocycles. The van der Waals surface area contributed by atoms with Gasteiger partial charge in [0.15, 0.2) is 17.4 Å². The van der Waals surface area contributed by atoms with Gasteiger partial charge in [-0.3, -0.25) is 9.78 Å². The Kier molecular flexibility index (Phi) is 3.92. The lowest BCUT2D eigenvalue weighted by molar-refractivity contribution is 0.100. The molecule has 0 spiro atoms. The molecule has 0 unspecified atom stereocenters. The average Bonchev–Trinajstić information content (AvgIpc) is 2.67. The summed E-state index contributed by atoms with van der Waals surface area (Å²) in [6.45, 7) is 2.88. The van der Waals surface area contributed by atoms with Crippen molar-refractivity contribution in [3.63, 3.8) is 0 Å². The molecule has 2 N–H and O–H groups in total. The highest BCUT2D eigenvalue weighted by atomic mass is 16.5. The smallest absolute Gasteiger partial charge is 0.252 e. The van der Waals surface area contributed by atoms with Crippen LogP contribution in [0.1, 0.15) is 16.1 Å². The third-order valence-corrected chi connectivity index (χ3v) is 4.04. The first-order valence-corrected chi connectivity index (χ1v) is 8.09. The summed E-state index contributed by atoms with van der Waals surface area (Å²) in [5.74, 6) is 1.05. The summed E-state index contributed by atoms with van der Waals surface area (Å²) in [4.78, 5) is 31.1. The molecule has 0 aromatic carbocycles. The molecule has 4 rings (SSSR count). The fourth-order valence-electron chi connectivity index (χ4n) is 2.85. The number of fused-ring (bicyclic) bond motifs is 1. The lowest BCUT2D eigenvalue weighted by Gasteiger charge is -2.30. The van der Waals surface area contributed by atoms with Crippen LogP contribution >= 0.6 is 0 Å². The van der Waals surface area contributed by atoms with Crippen LogP contribution in [0.15, 0.2) is 42.9 Å². The maximum absolute atomic E-state index is 11.8. The van der Waals surface area contributed by atoms with Crippen molar-refractivity contribution in [1.82, 2.24) is 19.9 Å². The van der Waals surface area contributed by atoms with Gasteiger partial charge in [-0.25, -0.2) is 15.0 Å². The van der Waals surface area contributed by atoms with Crippen LogP contribution in [0, 0.1) is 6.92 Å². The van der Waals surface area contributed by atoms with Crippen molar-refractivity contribution in [2.75, 3.05) is 18.1 Å². The Hall–Kier alpha value is -3.55. The van der Waals surface area contributed by atoms with E-state index in [0.717, 1.165) is 5.69 Å². The topological polar surface area (TPSA) is 107 Å². The second-order valence-corrected chi connectivity index (χ2v) is 5.80. The fourth-order valence-corrected chi connectivity index (χ4v) is 2.85. The predicted octanol–water partition coefficient (Wildman–Crippen LogP) is 1.87. The maximum Gasteiger partial charge on any atom is 0.252 e. The van der Waals surface area contributed by atoms with Crippen molar-refractivity contribution in [1.29, 1.82) is 0 Å². The van der Waals surface area contributed by atoms with E-state index in [-0.39, 0.29) is 0 Å². The van der Waals surface area contributed by atoms with Gasteiger partial charge in [0.25, 0.3) is 5.91 Å². The molecule has 1 amide bonds. The number of nitrogens with zero attached hydrogens (tertiary/aromatic N) is 5. The average molecular weight is 348 g/mol. The van der Waals surface area contributed by atoms with Crippen LogP contribution in [0.2, 0.25) is 0 Å². The van der Waals surface area contributed by atoms with Crippen molar-refractivity contribution in [2.24, 2.45) is 5.73 Å². The Morgan fingerprint density at radius 1 is 1.23 bits per heavy atom. The van der Waals surface area contributed by atoms with Gasteiger partial charge < -0.3 is 15.4 Å². The molecule has 0 radical (unpaired) electrons. The summed E-state index contributed by atoms with van der Waals surface area (Å²) >= 11 is 0. The van der Waals surface area contributed by atoms with Crippen molar-refractivity contribution in [3.8, 4) is 17.3 Å². The van der Waals surface area contributed by atoms with Crippen LogP contribution < -0.4 is 15.4 Å². The first-order valence-electron chi connectivity index (χ1n) is 8.09. The number of nitrogens with two attached hydrogens (primary N) is 1. The zero-order valence-electron chi connectivity index (χ0n) is 14.1. The normalized spacial score (nSPS) is 13.0. The number of ether oxygens (including phenoxy) is 1. The Balaban J connectivity index is 1.83. The summed E-state index contributed by atoms with van der Waals surface area (Å²) < 4.78 is 5.67. The second kappa shape index (κ2) is 6.40. The molecule has 0 aliphatic carbocycles. The summed E-state index contributed by atoms with van der Waals surface area (Å²) in [5, 5.41) is 0. The van der Waals surface area contributed by atoms with E-state index in [4.69, 9.17) is 10.5 Å². The van der Waals surface area contributed by atoms with E-state index in [9.17, 15) is 4.79 Å². The van der Waals surface area contributed by atoms with Gasteiger partial charge in [-0.1, -0.05) is 6.07 Å². The van der Waals surface area contributed by atoms with Crippen LogP contribution in [0.4, 0.5) is 11.5 Å². The molecular formula is C18H16N6O2. The molecule has 0 bridgehead atoms. The number of aromatic nitrogens is 4. The van der Waals surface area contributed by atoms with Crippen molar-refractivity contribution < 1.29 is 9.53 Å². The van der Waals surface area contributed by atoms with E-state index in [1.807, 2.05) is 30.0 Å². The summed E-state index contributed by atoms with van der Waals surface area (Å²) in [6, 6.07) is 7.40. The quantitative estimate of drug-likeness (QED) is 0.770. The highest BCUT2D eigenvalue weighted by molar-refractivity contribution is 5.99. The minimum absolute atomic E-state index is 0.328. The molecule has 1 aliphatic heterocycles. The third-order valence-electron chi connectivity index (χ3n) is 4.04. The number of pyridine rings is 2. The first-order chi connectivity index (χ1) is 12.6. The van der Waals surface area contributed by atoms with Gasteiger partial charge in [-0.05, 0) is 25.1 Å². The SMILES string of the molecule is Cc1cccc(-c2ncc3c(n2)N(c2ccncc2C(N)=O)CCO3)n1.